The van der Waals surface area contributed by atoms with Crippen molar-refractivity contribution in [1.82, 2.24) is 4.98 Å². The van der Waals surface area contributed by atoms with Crippen LogP contribution in [0.2, 0.25) is 0 Å². The summed E-state index contributed by atoms with van der Waals surface area (Å²) in [6.45, 7) is 0.712. The zero-order valence-corrected chi connectivity index (χ0v) is 20.2. The molecule has 32 heavy (non-hydrogen) atoms. The molecule has 0 saturated carbocycles. The Labute approximate surface area is 200 Å². The van der Waals surface area contributed by atoms with Crippen LogP contribution in [0.25, 0.3) is 0 Å². The van der Waals surface area contributed by atoms with Gasteiger partial charge in [-0.3, -0.25) is 9.78 Å². The summed E-state index contributed by atoms with van der Waals surface area (Å²) in [5.41, 5.74) is 0.766. The van der Waals surface area contributed by atoms with Crippen LogP contribution < -0.4 is 20.8 Å². The number of halogens is 1. The lowest BCUT2D eigenvalue weighted by atomic mass is 10.3. The van der Waals surface area contributed by atoms with Gasteiger partial charge in [-0.25, -0.2) is 0 Å². The van der Waals surface area contributed by atoms with Gasteiger partial charge in [0.05, 0.1) is 11.9 Å². The van der Waals surface area contributed by atoms with Gasteiger partial charge in [-0.05, 0) is 48.5 Å². The molecule has 1 fully saturated rings. The lowest BCUT2D eigenvalue weighted by Crippen LogP contribution is -2.42. The summed E-state index contributed by atoms with van der Waals surface area (Å²) in [5, 5.41) is 3.75. The highest BCUT2D eigenvalue weighted by Crippen LogP contribution is 2.62. The van der Waals surface area contributed by atoms with Crippen molar-refractivity contribution in [2.75, 3.05) is 11.4 Å². The van der Waals surface area contributed by atoms with Crippen LogP contribution in [0.3, 0.4) is 0 Å². The minimum absolute atomic E-state index is 0. The number of benzene rings is 3. The van der Waals surface area contributed by atoms with E-state index in [-0.39, 0.29) is 28.5 Å². The monoisotopic (exact) mass is 503 g/mol. The lowest BCUT2D eigenvalue weighted by molar-refractivity contribution is -0.116. The Morgan fingerprint density at radius 3 is 1.66 bits per heavy atom. The number of nitrogens with zero attached hydrogens (tertiary/aromatic N) is 2. The summed E-state index contributed by atoms with van der Waals surface area (Å²) in [7, 11) is -2.23. The van der Waals surface area contributed by atoms with Crippen molar-refractivity contribution in [2.24, 2.45) is 0 Å². The number of amides is 1. The largest absolute Gasteiger partial charge is 0.307 e. The van der Waals surface area contributed by atoms with Crippen LogP contribution in [-0.4, -0.2) is 23.1 Å². The first kappa shape index (κ1) is 22.4. The fraction of sp³-hybridized carbons (Fsp3) is 0.111. The molecule has 0 bridgehead atoms. The first-order valence-corrected chi connectivity index (χ1v) is 12.4. The molecule has 1 atom stereocenters. The van der Waals surface area contributed by atoms with Gasteiger partial charge in [0.1, 0.15) is 23.2 Å². The van der Waals surface area contributed by atoms with Gasteiger partial charge in [-0.2, -0.15) is 0 Å². The van der Waals surface area contributed by atoms with Gasteiger partial charge < -0.3 is 4.90 Å². The van der Waals surface area contributed by atoms with Crippen LogP contribution in [0.15, 0.2) is 116 Å². The van der Waals surface area contributed by atoms with E-state index in [1.165, 1.54) is 15.9 Å². The predicted molar refractivity (Wildman–Crippen MR) is 140 cm³/mol. The van der Waals surface area contributed by atoms with Crippen LogP contribution in [0.4, 0.5) is 5.69 Å². The number of anilines is 1. The molecule has 4 aromatic rings. The Balaban J connectivity index is 0.00000245. The summed E-state index contributed by atoms with van der Waals surface area (Å²) >= 11 is 0. The third kappa shape index (κ3) is 3.79. The zero-order chi connectivity index (χ0) is 21.1. The Morgan fingerprint density at radius 1 is 0.719 bits per heavy atom. The van der Waals surface area contributed by atoms with E-state index in [4.69, 9.17) is 0 Å². The molecule has 1 aliphatic heterocycles. The number of hydrogen-bond acceptors (Lipinski definition) is 2. The molecule has 5 rings (SSSR count). The molecule has 2 heterocycles. The molecule has 1 aromatic heterocycles. The number of carbonyl (C=O) groups excluding carboxylic acids is 1. The van der Waals surface area contributed by atoms with E-state index in [1.54, 1.807) is 12.4 Å². The maximum atomic E-state index is 14.0. The average Bonchev–Trinajstić information content (AvgIpc) is 3.24. The van der Waals surface area contributed by atoms with Gasteiger partial charge in [0.15, 0.2) is 5.66 Å². The van der Waals surface area contributed by atoms with Crippen molar-refractivity contribution in [2.45, 2.75) is 12.1 Å². The minimum atomic E-state index is -2.23. The second-order valence-corrected chi connectivity index (χ2v) is 11.4. The number of pyridine rings is 1. The molecule has 160 valence electrons. The molecule has 1 aliphatic rings. The second kappa shape index (κ2) is 9.77. The Kier molecular flexibility index (Phi) is 6.83. The average molecular weight is 504 g/mol. The summed E-state index contributed by atoms with van der Waals surface area (Å²) < 4.78 is 0. The van der Waals surface area contributed by atoms with E-state index in [1.807, 2.05) is 35.2 Å². The molecule has 3 nitrogen and oxygen atoms in total. The van der Waals surface area contributed by atoms with Crippen molar-refractivity contribution < 1.29 is 4.79 Å². The van der Waals surface area contributed by atoms with E-state index in [0.29, 0.717) is 6.54 Å². The summed E-state index contributed by atoms with van der Waals surface area (Å²) in [4.78, 5) is 20.2. The number of rotatable bonds is 5. The summed E-state index contributed by atoms with van der Waals surface area (Å²) in [6, 6.07) is 35.8. The highest BCUT2D eigenvalue weighted by molar-refractivity contribution is 8.93. The SMILES string of the molecule is Br.O=C1C([P+](c2ccccc2)(c2ccccc2)c2ccccc2)CCN1c1cccnc1. The minimum Gasteiger partial charge on any atom is -0.307 e. The highest BCUT2D eigenvalue weighted by Gasteiger charge is 2.58. The molecule has 3 aromatic carbocycles. The van der Waals surface area contributed by atoms with Gasteiger partial charge in [0.2, 0.25) is 0 Å². The molecule has 0 radical (unpaired) electrons. The number of hydrogen-bond donors (Lipinski definition) is 0. The Morgan fingerprint density at radius 2 is 1.22 bits per heavy atom. The molecule has 1 saturated heterocycles. The standard InChI is InChI=1S/C27H24N2OP.BrH/c30-27-26(18-20-29(27)22-11-10-19-28-21-22)31(23-12-4-1-5-13-23,24-14-6-2-7-15-24)25-16-8-3-9-17-25;/h1-17,19,21,26H,18,20H2;1H/q+1;. The third-order valence-corrected chi connectivity index (χ3v) is 10.8. The van der Waals surface area contributed by atoms with E-state index in [9.17, 15) is 4.79 Å². The van der Waals surface area contributed by atoms with Crippen molar-refractivity contribution >= 4 is 51.8 Å². The summed E-state index contributed by atoms with van der Waals surface area (Å²) in [6.07, 6.45) is 4.35. The Hall–Kier alpha value is -2.81. The zero-order valence-electron chi connectivity index (χ0n) is 17.6. The number of carbonyl (C=O) groups is 1. The lowest BCUT2D eigenvalue weighted by Gasteiger charge is -2.31. The van der Waals surface area contributed by atoms with Gasteiger partial charge in [0.25, 0.3) is 5.91 Å². The van der Waals surface area contributed by atoms with Crippen LogP contribution in [-0.2, 0) is 4.79 Å². The predicted octanol–water partition coefficient (Wildman–Crippen LogP) is 4.76. The molecule has 1 amide bonds. The maximum absolute atomic E-state index is 14.0. The molecule has 5 heteroatoms. The molecule has 0 spiro atoms. The van der Waals surface area contributed by atoms with Gasteiger partial charge >= 0.3 is 0 Å². The second-order valence-electron chi connectivity index (χ2n) is 7.73. The summed E-state index contributed by atoms with van der Waals surface area (Å²) in [5.74, 6) is 0.192. The van der Waals surface area contributed by atoms with Crippen LogP contribution >= 0.6 is 24.2 Å². The molecule has 1 unspecified atom stereocenters. The van der Waals surface area contributed by atoms with Crippen LogP contribution in [0.5, 0.6) is 0 Å². The fourth-order valence-corrected chi connectivity index (χ4v) is 9.65. The fourth-order valence-electron chi connectivity index (χ4n) is 4.77. The smallest absolute Gasteiger partial charge is 0.269 e. The normalized spacial score (nSPS) is 15.9. The van der Waals surface area contributed by atoms with Crippen molar-refractivity contribution in [3.63, 3.8) is 0 Å². The topological polar surface area (TPSA) is 33.2 Å². The highest BCUT2D eigenvalue weighted by atomic mass is 79.9. The van der Waals surface area contributed by atoms with Gasteiger partial charge in [-0.15, -0.1) is 17.0 Å². The molecular weight excluding hydrogens is 479 g/mol. The molecule has 0 N–H and O–H groups in total. The van der Waals surface area contributed by atoms with Crippen molar-refractivity contribution in [3.05, 3.63) is 116 Å². The van der Waals surface area contributed by atoms with E-state index in [0.717, 1.165) is 12.1 Å². The quantitative estimate of drug-likeness (QED) is 0.368. The van der Waals surface area contributed by atoms with Gasteiger partial charge in [0, 0.05) is 19.2 Å². The van der Waals surface area contributed by atoms with Crippen LogP contribution in [0, 0.1) is 0 Å². The van der Waals surface area contributed by atoms with E-state index >= 15 is 0 Å². The van der Waals surface area contributed by atoms with E-state index < -0.39 is 7.26 Å². The van der Waals surface area contributed by atoms with E-state index in [2.05, 4.69) is 77.8 Å². The van der Waals surface area contributed by atoms with Crippen molar-refractivity contribution in [3.8, 4) is 0 Å². The first-order chi connectivity index (χ1) is 15.3. The number of aromatic nitrogens is 1. The third-order valence-electron chi connectivity index (χ3n) is 6.09. The molecular formula is C27H25BrN2OP+. The van der Waals surface area contributed by atoms with Gasteiger partial charge in [-0.1, -0.05) is 54.6 Å². The van der Waals surface area contributed by atoms with Crippen molar-refractivity contribution in [1.29, 1.82) is 0 Å². The first-order valence-electron chi connectivity index (χ1n) is 10.6. The van der Waals surface area contributed by atoms with Crippen LogP contribution in [0.1, 0.15) is 6.42 Å². The molecule has 0 aliphatic carbocycles. The maximum Gasteiger partial charge on any atom is 0.269 e. The Bertz CT molecular complexity index is 1060.